The first-order chi connectivity index (χ1) is 4.61. The van der Waals surface area contributed by atoms with Gasteiger partial charge in [-0.2, -0.15) is 0 Å². The van der Waals surface area contributed by atoms with Crippen molar-refractivity contribution in [3.63, 3.8) is 0 Å². The lowest BCUT2D eigenvalue weighted by molar-refractivity contribution is 0.319. The van der Waals surface area contributed by atoms with E-state index in [4.69, 9.17) is 4.52 Å². The molecule has 0 aliphatic carbocycles. The maximum atomic E-state index is 11.7. The molecule has 0 bridgehead atoms. The Morgan fingerprint density at radius 2 is 1.70 bits per heavy atom. The standard InChI is InChI=1S/C5H13N2O2P/c1-6-4-5-7(2)10(6,8)9-3/h4-5H2,1-3H3. The van der Waals surface area contributed by atoms with Gasteiger partial charge in [-0.1, -0.05) is 0 Å². The lowest BCUT2D eigenvalue weighted by Crippen LogP contribution is -2.13. The summed E-state index contributed by atoms with van der Waals surface area (Å²) < 4.78 is 20.1. The van der Waals surface area contributed by atoms with Crippen molar-refractivity contribution >= 4 is 7.67 Å². The summed E-state index contributed by atoms with van der Waals surface area (Å²) in [5.74, 6) is 0. The minimum Gasteiger partial charge on any atom is -0.309 e. The predicted octanol–water partition coefficient (Wildman–Crippen LogP) is 0.618. The van der Waals surface area contributed by atoms with Crippen LogP contribution in [0.25, 0.3) is 0 Å². The van der Waals surface area contributed by atoms with Gasteiger partial charge in [0.1, 0.15) is 0 Å². The Kier molecular flexibility index (Phi) is 2.15. The summed E-state index contributed by atoms with van der Waals surface area (Å²) in [5, 5.41) is 0. The van der Waals surface area contributed by atoms with Gasteiger partial charge >= 0.3 is 7.67 Å². The third-order valence-corrected chi connectivity index (χ3v) is 4.45. The molecule has 1 saturated heterocycles. The summed E-state index contributed by atoms with van der Waals surface area (Å²) in [6.45, 7) is 1.64. The van der Waals surface area contributed by atoms with Crippen LogP contribution >= 0.6 is 7.67 Å². The van der Waals surface area contributed by atoms with E-state index in [2.05, 4.69) is 0 Å². The topological polar surface area (TPSA) is 32.8 Å². The van der Waals surface area contributed by atoms with E-state index in [1.54, 1.807) is 9.34 Å². The summed E-state index contributed by atoms with van der Waals surface area (Å²) in [4.78, 5) is 0. The Labute approximate surface area is 61.3 Å². The normalized spacial score (nSPS) is 27.5. The third kappa shape index (κ3) is 1.01. The number of nitrogens with zero attached hydrogens (tertiary/aromatic N) is 2. The molecule has 0 aromatic heterocycles. The van der Waals surface area contributed by atoms with E-state index in [1.165, 1.54) is 7.11 Å². The van der Waals surface area contributed by atoms with Gasteiger partial charge in [0.15, 0.2) is 0 Å². The van der Waals surface area contributed by atoms with Crippen LogP contribution < -0.4 is 0 Å². The summed E-state index contributed by atoms with van der Waals surface area (Å²) >= 11 is 0. The van der Waals surface area contributed by atoms with E-state index in [0.29, 0.717) is 0 Å². The molecule has 0 radical (unpaired) electrons. The van der Waals surface area contributed by atoms with E-state index in [-0.39, 0.29) is 0 Å². The molecule has 0 amide bonds. The lowest BCUT2D eigenvalue weighted by Gasteiger charge is -2.21. The quantitative estimate of drug-likeness (QED) is 0.532. The van der Waals surface area contributed by atoms with Crippen LogP contribution in [0, 0.1) is 0 Å². The van der Waals surface area contributed by atoms with E-state index >= 15 is 0 Å². The zero-order valence-electron chi connectivity index (χ0n) is 6.57. The number of hydrogen-bond acceptors (Lipinski definition) is 2. The maximum Gasteiger partial charge on any atom is 0.345 e. The highest BCUT2D eigenvalue weighted by Crippen LogP contribution is 2.54. The van der Waals surface area contributed by atoms with E-state index in [1.807, 2.05) is 14.1 Å². The second kappa shape index (κ2) is 2.62. The Morgan fingerprint density at radius 3 is 1.90 bits per heavy atom. The second-order valence-corrected chi connectivity index (χ2v) is 5.15. The molecule has 0 unspecified atom stereocenters. The molecule has 0 saturated carbocycles. The first kappa shape index (κ1) is 8.21. The maximum absolute atomic E-state index is 11.7. The molecule has 0 spiro atoms. The molecule has 0 aromatic carbocycles. The molecule has 0 aromatic rings. The van der Waals surface area contributed by atoms with Crippen molar-refractivity contribution in [3.05, 3.63) is 0 Å². The van der Waals surface area contributed by atoms with Crippen molar-refractivity contribution in [2.45, 2.75) is 0 Å². The van der Waals surface area contributed by atoms with Gasteiger partial charge in [0.25, 0.3) is 0 Å². The molecule has 0 atom stereocenters. The van der Waals surface area contributed by atoms with Crippen molar-refractivity contribution in [2.24, 2.45) is 0 Å². The Balaban J connectivity index is 2.80. The lowest BCUT2D eigenvalue weighted by atomic mass is 10.6. The zero-order valence-corrected chi connectivity index (χ0v) is 7.47. The van der Waals surface area contributed by atoms with Crippen molar-refractivity contribution < 1.29 is 9.09 Å². The van der Waals surface area contributed by atoms with Crippen LogP contribution in [0.2, 0.25) is 0 Å². The summed E-state index contributed by atoms with van der Waals surface area (Å²) in [7, 11) is 2.55. The minimum atomic E-state index is -2.57. The van der Waals surface area contributed by atoms with Crippen molar-refractivity contribution in [1.82, 2.24) is 9.34 Å². The smallest absolute Gasteiger partial charge is 0.309 e. The number of rotatable bonds is 1. The fourth-order valence-electron chi connectivity index (χ4n) is 1.08. The molecule has 1 rings (SSSR count). The summed E-state index contributed by atoms with van der Waals surface area (Å²) in [6, 6.07) is 0. The molecule has 1 aliphatic heterocycles. The SMILES string of the molecule is COP1(=O)N(C)CCN1C. The highest BCUT2D eigenvalue weighted by molar-refractivity contribution is 7.54. The fraction of sp³-hybridized carbons (Fsp3) is 1.00. The van der Waals surface area contributed by atoms with Crippen molar-refractivity contribution in [2.75, 3.05) is 34.3 Å². The van der Waals surface area contributed by atoms with Gasteiger partial charge in [0.05, 0.1) is 0 Å². The van der Waals surface area contributed by atoms with Gasteiger partial charge in [-0.05, 0) is 14.1 Å². The van der Waals surface area contributed by atoms with E-state index < -0.39 is 7.67 Å². The monoisotopic (exact) mass is 164 g/mol. The third-order valence-electron chi connectivity index (χ3n) is 1.85. The molecule has 0 N–H and O–H groups in total. The van der Waals surface area contributed by atoms with Gasteiger partial charge in [-0.15, -0.1) is 0 Å². The Bertz CT molecular complexity index is 159. The number of likely N-dealkylation sites (N-methyl/N-ethyl adjacent to an activating group) is 2. The molecular weight excluding hydrogens is 151 g/mol. The summed E-state index contributed by atoms with van der Waals surface area (Å²) in [6.07, 6.45) is 0. The first-order valence-electron chi connectivity index (χ1n) is 3.20. The molecule has 1 heterocycles. The van der Waals surface area contributed by atoms with Crippen LogP contribution in [0.1, 0.15) is 0 Å². The molecule has 4 nitrogen and oxygen atoms in total. The van der Waals surface area contributed by atoms with Gasteiger partial charge < -0.3 is 4.52 Å². The van der Waals surface area contributed by atoms with Gasteiger partial charge in [0.2, 0.25) is 0 Å². The van der Waals surface area contributed by atoms with Crippen LogP contribution in [0.4, 0.5) is 0 Å². The van der Waals surface area contributed by atoms with Crippen LogP contribution in [-0.4, -0.2) is 43.6 Å². The molecular formula is C5H13N2O2P. The predicted molar refractivity (Wildman–Crippen MR) is 39.9 cm³/mol. The molecule has 1 fully saturated rings. The van der Waals surface area contributed by atoms with E-state index in [0.717, 1.165) is 13.1 Å². The van der Waals surface area contributed by atoms with Gasteiger partial charge in [-0.3, -0.25) is 4.57 Å². The first-order valence-corrected chi connectivity index (χ1v) is 4.73. The molecule has 1 aliphatic rings. The molecule has 60 valence electrons. The fourth-order valence-corrected chi connectivity index (χ4v) is 2.84. The zero-order chi connectivity index (χ0) is 7.78. The van der Waals surface area contributed by atoms with E-state index in [9.17, 15) is 4.57 Å². The highest BCUT2D eigenvalue weighted by atomic mass is 31.2. The average Bonchev–Trinajstić information content (AvgIpc) is 2.18. The average molecular weight is 164 g/mol. The molecule has 10 heavy (non-hydrogen) atoms. The van der Waals surface area contributed by atoms with Gasteiger partial charge in [-0.25, -0.2) is 9.34 Å². The Morgan fingerprint density at radius 1 is 1.30 bits per heavy atom. The van der Waals surface area contributed by atoms with Gasteiger partial charge in [0, 0.05) is 20.2 Å². The highest BCUT2D eigenvalue weighted by Gasteiger charge is 2.38. The minimum absolute atomic E-state index is 0.821. The second-order valence-electron chi connectivity index (χ2n) is 2.44. The van der Waals surface area contributed by atoms with Crippen LogP contribution in [0.5, 0.6) is 0 Å². The van der Waals surface area contributed by atoms with Crippen LogP contribution in [0.15, 0.2) is 0 Å². The molecule has 5 heteroatoms. The Hall–Kier alpha value is 0.110. The van der Waals surface area contributed by atoms with Crippen molar-refractivity contribution in [1.29, 1.82) is 0 Å². The largest absolute Gasteiger partial charge is 0.345 e. The number of hydrogen-bond donors (Lipinski definition) is 0. The summed E-state index contributed by atoms with van der Waals surface area (Å²) in [5.41, 5.74) is 0. The van der Waals surface area contributed by atoms with Crippen LogP contribution in [-0.2, 0) is 9.09 Å². The van der Waals surface area contributed by atoms with Crippen LogP contribution in [0.3, 0.4) is 0 Å². The van der Waals surface area contributed by atoms with Crippen molar-refractivity contribution in [3.8, 4) is 0 Å².